The molecule has 118 valence electrons. The SMILES string of the molecule is CC(C)OCc1cccc(NC(=O)C2CCCCN2)c1.Cl. The third-order valence-corrected chi connectivity index (χ3v) is 3.40. The summed E-state index contributed by atoms with van der Waals surface area (Å²) in [6.45, 7) is 5.53. The van der Waals surface area contributed by atoms with E-state index in [1.54, 1.807) is 0 Å². The van der Waals surface area contributed by atoms with E-state index in [1.165, 1.54) is 0 Å². The quantitative estimate of drug-likeness (QED) is 0.878. The first kappa shape index (κ1) is 18.0. The van der Waals surface area contributed by atoms with E-state index in [2.05, 4.69) is 10.6 Å². The van der Waals surface area contributed by atoms with E-state index in [-0.39, 0.29) is 30.5 Å². The van der Waals surface area contributed by atoms with E-state index >= 15 is 0 Å². The van der Waals surface area contributed by atoms with Gasteiger partial charge in [-0.15, -0.1) is 12.4 Å². The van der Waals surface area contributed by atoms with Crippen LogP contribution in [0.4, 0.5) is 5.69 Å². The first-order chi connectivity index (χ1) is 9.65. The van der Waals surface area contributed by atoms with Crippen LogP contribution in [-0.2, 0) is 16.1 Å². The van der Waals surface area contributed by atoms with Gasteiger partial charge in [0, 0.05) is 5.69 Å². The van der Waals surface area contributed by atoms with Gasteiger partial charge < -0.3 is 15.4 Å². The summed E-state index contributed by atoms with van der Waals surface area (Å²) in [6, 6.07) is 7.79. The molecular formula is C16H25ClN2O2. The number of rotatable bonds is 5. The number of carbonyl (C=O) groups is 1. The molecule has 2 rings (SSSR count). The van der Waals surface area contributed by atoms with Gasteiger partial charge in [-0.25, -0.2) is 0 Å². The van der Waals surface area contributed by atoms with Crippen LogP contribution in [0.3, 0.4) is 0 Å². The second-order valence-corrected chi connectivity index (χ2v) is 5.55. The largest absolute Gasteiger partial charge is 0.374 e. The summed E-state index contributed by atoms with van der Waals surface area (Å²) >= 11 is 0. The van der Waals surface area contributed by atoms with Crippen molar-refractivity contribution in [2.24, 2.45) is 0 Å². The Hall–Kier alpha value is -1.10. The van der Waals surface area contributed by atoms with Crippen molar-refractivity contribution in [3.05, 3.63) is 29.8 Å². The Labute approximate surface area is 133 Å². The van der Waals surface area contributed by atoms with Crippen molar-refractivity contribution >= 4 is 24.0 Å². The van der Waals surface area contributed by atoms with Crippen molar-refractivity contribution in [2.75, 3.05) is 11.9 Å². The molecule has 0 aliphatic carbocycles. The maximum Gasteiger partial charge on any atom is 0.241 e. The van der Waals surface area contributed by atoms with Crippen LogP contribution in [-0.4, -0.2) is 24.6 Å². The number of halogens is 1. The predicted octanol–water partition coefficient (Wildman–Crippen LogP) is 3.11. The fraction of sp³-hybridized carbons (Fsp3) is 0.562. The average Bonchev–Trinajstić information content (AvgIpc) is 2.46. The molecule has 2 N–H and O–H groups in total. The lowest BCUT2D eigenvalue weighted by Crippen LogP contribution is -2.43. The van der Waals surface area contributed by atoms with Crippen LogP contribution in [0.1, 0.15) is 38.7 Å². The fourth-order valence-corrected chi connectivity index (χ4v) is 2.31. The highest BCUT2D eigenvalue weighted by molar-refractivity contribution is 5.94. The van der Waals surface area contributed by atoms with Gasteiger partial charge >= 0.3 is 0 Å². The number of carbonyl (C=O) groups excluding carboxylic acids is 1. The van der Waals surface area contributed by atoms with Crippen LogP contribution in [0.2, 0.25) is 0 Å². The van der Waals surface area contributed by atoms with E-state index in [1.807, 2.05) is 38.1 Å². The van der Waals surface area contributed by atoms with E-state index < -0.39 is 0 Å². The summed E-state index contributed by atoms with van der Waals surface area (Å²) in [5.74, 6) is 0.0617. The molecule has 1 fully saturated rings. The smallest absolute Gasteiger partial charge is 0.241 e. The van der Waals surface area contributed by atoms with Crippen molar-refractivity contribution in [1.82, 2.24) is 5.32 Å². The molecule has 21 heavy (non-hydrogen) atoms. The average molecular weight is 313 g/mol. The molecule has 1 atom stereocenters. The van der Waals surface area contributed by atoms with Gasteiger partial charge in [0.25, 0.3) is 0 Å². The molecule has 1 aromatic carbocycles. The van der Waals surface area contributed by atoms with E-state index in [9.17, 15) is 4.79 Å². The van der Waals surface area contributed by atoms with Crippen LogP contribution < -0.4 is 10.6 Å². The summed E-state index contributed by atoms with van der Waals surface area (Å²) in [6.07, 6.45) is 3.40. The fourth-order valence-electron chi connectivity index (χ4n) is 2.31. The molecule has 1 unspecified atom stereocenters. The Kier molecular flexibility index (Phi) is 7.72. The molecular weight excluding hydrogens is 288 g/mol. The summed E-state index contributed by atoms with van der Waals surface area (Å²) < 4.78 is 5.58. The molecule has 5 heteroatoms. The van der Waals surface area contributed by atoms with Crippen LogP contribution in [0.15, 0.2) is 24.3 Å². The Morgan fingerprint density at radius 3 is 2.90 bits per heavy atom. The third-order valence-electron chi connectivity index (χ3n) is 3.40. The molecule has 1 heterocycles. The maximum absolute atomic E-state index is 12.1. The standard InChI is InChI=1S/C16H24N2O2.ClH/c1-12(2)20-11-13-6-5-7-14(10-13)18-16(19)15-8-3-4-9-17-15;/h5-7,10,12,15,17H,3-4,8-9,11H2,1-2H3,(H,18,19);1H. The third kappa shape index (κ3) is 6.04. The molecule has 0 spiro atoms. The lowest BCUT2D eigenvalue weighted by molar-refractivity contribution is -0.118. The van der Waals surface area contributed by atoms with Crippen LogP contribution in [0.25, 0.3) is 0 Å². The number of benzene rings is 1. The minimum atomic E-state index is -0.0562. The summed E-state index contributed by atoms with van der Waals surface area (Å²) in [7, 11) is 0. The van der Waals surface area contributed by atoms with Gasteiger partial charge in [0.15, 0.2) is 0 Å². The minimum absolute atomic E-state index is 0. The van der Waals surface area contributed by atoms with Gasteiger partial charge in [0.1, 0.15) is 0 Å². The number of ether oxygens (including phenoxy) is 1. The van der Waals surface area contributed by atoms with Crippen LogP contribution in [0, 0.1) is 0 Å². The van der Waals surface area contributed by atoms with Crippen molar-refractivity contribution < 1.29 is 9.53 Å². The highest BCUT2D eigenvalue weighted by Crippen LogP contribution is 2.14. The molecule has 1 saturated heterocycles. The van der Waals surface area contributed by atoms with Gasteiger partial charge in [0.2, 0.25) is 5.91 Å². The lowest BCUT2D eigenvalue weighted by atomic mass is 10.0. The van der Waals surface area contributed by atoms with Gasteiger partial charge in [-0.1, -0.05) is 18.6 Å². The zero-order valence-electron chi connectivity index (χ0n) is 12.7. The molecule has 0 bridgehead atoms. The number of anilines is 1. The Morgan fingerprint density at radius 2 is 2.24 bits per heavy atom. The normalized spacial score (nSPS) is 18.1. The molecule has 1 amide bonds. The van der Waals surface area contributed by atoms with Crippen molar-refractivity contribution in [1.29, 1.82) is 0 Å². The molecule has 0 radical (unpaired) electrons. The first-order valence-corrected chi connectivity index (χ1v) is 7.40. The lowest BCUT2D eigenvalue weighted by Gasteiger charge is -2.22. The van der Waals surface area contributed by atoms with E-state index in [0.717, 1.165) is 37.1 Å². The molecule has 1 aromatic rings. The second-order valence-electron chi connectivity index (χ2n) is 5.55. The Bertz CT molecular complexity index is 446. The summed E-state index contributed by atoms with van der Waals surface area (Å²) in [4.78, 5) is 12.1. The van der Waals surface area contributed by atoms with E-state index in [4.69, 9.17) is 4.74 Å². The number of amides is 1. The monoisotopic (exact) mass is 312 g/mol. The van der Waals surface area contributed by atoms with Crippen LogP contribution in [0.5, 0.6) is 0 Å². The van der Waals surface area contributed by atoms with Gasteiger partial charge in [0.05, 0.1) is 18.8 Å². The highest BCUT2D eigenvalue weighted by atomic mass is 35.5. The molecule has 1 aliphatic heterocycles. The molecule has 4 nitrogen and oxygen atoms in total. The van der Waals surface area contributed by atoms with Crippen molar-refractivity contribution in [2.45, 2.75) is 51.9 Å². The summed E-state index contributed by atoms with van der Waals surface area (Å²) in [5, 5.41) is 6.24. The minimum Gasteiger partial charge on any atom is -0.374 e. The zero-order chi connectivity index (χ0) is 14.4. The number of piperidine rings is 1. The van der Waals surface area contributed by atoms with Gasteiger partial charge in [-0.05, 0) is 50.9 Å². The topological polar surface area (TPSA) is 50.4 Å². The Balaban J connectivity index is 0.00000220. The number of nitrogens with one attached hydrogen (secondary N) is 2. The molecule has 1 aliphatic rings. The highest BCUT2D eigenvalue weighted by Gasteiger charge is 2.20. The maximum atomic E-state index is 12.1. The van der Waals surface area contributed by atoms with Crippen LogP contribution >= 0.6 is 12.4 Å². The number of hydrogen-bond donors (Lipinski definition) is 2. The predicted molar refractivity (Wildman–Crippen MR) is 87.9 cm³/mol. The van der Waals surface area contributed by atoms with Gasteiger partial charge in [-0.3, -0.25) is 4.79 Å². The van der Waals surface area contributed by atoms with Gasteiger partial charge in [-0.2, -0.15) is 0 Å². The number of hydrogen-bond acceptors (Lipinski definition) is 3. The molecule has 0 aromatic heterocycles. The van der Waals surface area contributed by atoms with E-state index in [0.29, 0.717) is 6.61 Å². The first-order valence-electron chi connectivity index (χ1n) is 7.40. The zero-order valence-corrected chi connectivity index (χ0v) is 13.5. The second kappa shape index (κ2) is 9.03. The molecule has 0 saturated carbocycles. The Morgan fingerprint density at radius 1 is 1.43 bits per heavy atom. The van der Waals surface area contributed by atoms with Crippen molar-refractivity contribution in [3.63, 3.8) is 0 Å². The summed E-state index contributed by atoms with van der Waals surface area (Å²) in [5.41, 5.74) is 1.92. The van der Waals surface area contributed by atoms with Crippen molar-refractivity contribution in [3.8, 4) is 0 Å².